The lowest BCUT2D eigenvalue weighted by molar-refractivity contribution is 0.151. The van der Waals surface area contributed by atoms with Crippen LogP contribution in [-0.4, -0.2) is 28.1 Å². The summed E-state index contributed by atoms with van der Waals surface area (Å²) >= 11 is 0. The minimum Gasteiger partial charge on any atom is -0.391 e. The van der Waals surface area contributed by atoms with Crippen LogP contribution in [0.25, 0.3) is 0 Å². The molecule has 1 aromatic rings. The fraction of sp³-hybridized carbons (Fsp3) is 0.667. The summed E-state index contributed by atoms with van der Waals surface area (Å²) in [5.41, 5.74) is 1.95. The topological polar surface area (TPSA) is 47.3 Å². The molecule has 1 heterocycles. The van der Waals surface area contributed by atoms with Gasteiger partial charge >= 0.3 is 0 Å². The molecule has 0 amide bonds. The van der Waals surface area contributed by atoms with Crippen LogP contribution in [0.4, 0.5) is 0 Å². The van der Waals surface area contributed by atoms with Crippen LogP contribution in [0.3, 0.4) is 0 Å². The number of nitrogens with zero attached hydrogens (tertiary/aromatic N) is 2. The zero-order chi connectivity index (χ0) is 9.84. The minimum absolute atomic E-state index is 0.380. The summed E-state index contributed by atoms with van der Waals surface area (Å²) in [5.74, 6) is 0. The molecule has 74 valence electrons. The summed E-state index contributed by atoms with van der Waals surface area (Å²) in [5, 5.41) is 13.5. The van der Waals surface area contributed by atoms with Crippen LogP contribution in [0.2, 0.25) is 0 Å². The van der Waals surface area contributed by atoms with Crippen molar-refractivity contribution in [2.45, 2.75) is 33.1 Å². The highest BCUT2D eigenvalue weighted by atomic mass is 16.5. The minimum atomic E-state index is -0.380. The van der Waals surface area contributed by atoms with Gasteiger partial charge in [-0.05, 0) is 19.9 Å². The highest BCUT2D eigenvalue weighted by molar-refractivity contribution is 5.07. The van der Waals surface area contributed by atoms with Gasteiger partial charge in [0.25, 0.3) is 0 Å². The van der Waals surface area contributed by atoms with Gasteiger partial charge in [-0.25, -0.2) is 0 Å². The van der Waals surface area contributed by atoms with Crippen molar-refractivity contribution < 1.29 is 9.84 Å². The molecule has 0 aliphatic heterocycles. The lowest BCUT2D eigenvalue weighted by Gasteiger charge is -2.08. The first-order valence-corrected chi connectivity index (χ1v) is 4.34. The van der Waals surface area contributed by atoms with E-state index in [1.54, 1.807) is 18.7 Å². The van der Waals surface area contributed by atoms with Gasteiger partial charge in [-0.1, -0.05) is 0 Å². The van der Waals surface area contributed by atoms with Crippen LogP contribution >= 0.6 is 0 Å². The normalized spacial score (nSPS) is 13.2. The van der Waals surface area contributed by atoms with E-state index in [4.69, 9.17) is 4.74 Å². The second-order valence-electron chi connectivity index (χ2n) is 3.24. The maximum absolute atomic E-state index is 9.21. The molecule has 1 rings (SSSR count). The lowest BCUT2D eigenvalue weighted by atomic mass is 10.3. The Kier molecular flexibility index (Phi) is 3.45. The van der Waals surface area contributed by atoms with Crippen LogP contribution in [0.1, 0.15) is 18.3 Å². The fourth-order valence-electron chi connectivity index (χ4n) is 1.27. The number of aliphatic hydroxyl groups is 1. The van der Waals surface area contributed by atoms with Crippen molar-refractivity contribution in [3.63, 3.8) is 0 Å². The molecule has 0 fully saturated rings. The zero-order valence-electron chi connectivity index (χ0n) is 8.32. The van der Waals surface area contributed by atoms with Crippen molar-refractivity contribution in [3.05, 3.63) is 17.5 Å². The lowest BCUT2D eigenvalue weighted by Crippen LogP contribution is -2.15. The maximum Gasteiger partial charge on any atom is 0.0881 e. The number of aliphatic hydroxyl groups excluding tert-OH is 1. The Hall–Kier alpha value is -0.870. The number of ether oxygens (including phenoxy) is 1. The number of aryl methyl sites for hydroxylation is 1. The number of hydrogen-bond acceptors (Lipinski definition) is 3. The third-order valence-electron chi connectivity index (χ3n) is 1.71. The van der Waals surface area contributed by atoms with Gasteiger partial charge in [0.15, 0.2) is 0 Å². The molecular weight excluding hydrogens is 168 g/mol. The van der Waals surface area contributed by atoms with E-state index in [1.165, 1.54) is 0 Å². The van der Waals surface area contributed by atoms with E-state index in [0.717, 1.165) is 11.4 Å². The smallest absolute Gasteiger partial charge is 0.0881 e. The largest absolute Gasteiger partial charge is 0.391 e. The van der Waals surface area contributed by atoms with Crippen LogP contribution in [-0.2, 0) is 17.9 Å². The quantitative estimate of drug-likeness (QED) is 0.750. The van der Waals surface area contributed by atoms with Gasteiger partial charge in [-0.3, -0.25) is 4.68 Å². The summed E-state index contributed by atoms with van der Waals surface area (Å²) in [4.78, 5) is 0. The first-order chi connectivity index (χ1) is 6.13. The molecule has 1 unspecified atom stereocenters. The molecule has 1 atom stereocenters. The highest BCUT2D eigenvalue weighted by Gasteiger charge is 2.06. The van der Waals surface area contributed by atoms with E-state index >= 15 is 0 Å². The molecular formula is C9H16N2O2. The summed E-state index contributed by atoms with van der Waals surface area (Å²) in [7, 11) is 1.65. The summed E-state index contributed by atoms with van der Waals surface area (Å²) in [6.45, 7) is 4.73. The molecule has 13 heavy (non-hydrogen) atoms. The first kappa shape index (κ1) is 10.2. The van der Waals surface area contributed by atoms with Crippen molar-refractivity contribution in [3.8, 4) is 0 Å². The van der Waals surface area contributed by atoms with Crippen molar-refractivity contribution >= 4 is 0 Å². The summed E-state index contributed by atoms with van der Waals surface area (Å²) in [6.07, 6.45) is -0.380. The summed E-state index contributed by atoms with van der Waals surface area (Å²) < 4.78 is 6.80. The maximum atomic E-state index is 9.21. The standard InChI is InChI=1S/C9H16N2O2/c1-7-4-9(6-13-3)11(10-7)5-8(2)12/h4,8,12H,5-6H2,1-3H3. The Morgan fingerprint density at radius 3 is 2.92 bits per heavy atom. The molecule has 0 aliphatic carbocycles. The molecule has 1 aromatic heterocycles. The molecule has 0 radical (unpaired) electrons. The van der Waals surface area contributed by atoms with Gasteiger partial charge in [0.05, 0.1) is 30.6 Å². The molecule has 4 heteroatoms. The molecule has 4 nitrogen and oxygen atoms in total. The predicted octanol–water partition coefficient (Wildman–Crippen LogP) is 0.719. The Bertz CT molecular complexity index is 269. The number of methoxy groups -OCH3 is 1. The first-order valence-electron chi connectivity index (χ1n) is 4.34. The zero-order valence-corrected chi connectivity index (χ0v) is 8.32. The van der Waals surface area contributed by atoms with Gasteiger partial charge in [-0.15, -0.1) is 0 Å². The van der Waals surface area contributed by atoms with Gasteiger partial charge in [0.2, 0.25) is 0 Å². The molecule has 0 aromatic carbocycles. The van der Waals surface area contributed by atoms with Gasteiger partial charge in [0.1, 0.15) is 0 Å². The Balaban J connectivity index is 2.77. The Morgan fingerprint density at radius 1 is 1.69 bits per heavy atom. The van der Waals surface area contributed by atoms with Gasteiger partial charge in [-0.2, -0.15) is 5.10 Å². The Labute approximate surface area is 78.1 Å². The second kappa shape index (κ2) is 4.39. The highest BCUT2D eigenvalue weighted by Crippen LogP contribution is 2.05. The third-order valence-corrected chi connectivity index (χ3v) is 1.71. The monoisotopic (exact) mass is 184 g/mol. The van der Waals surface area contributed by atoms with Crippen molar-refractivity contribution in [1.29, 1.82) is 0 Å². The van der Waals surface area contributed by atoms with E-state index in [9.17, 15) is 5.11 Å². The van der Waals surface area contributed by atoms with E-state index in [0.29, 0.717) is 13.2 Å². The SMILES string of the molecule is COCc1cc(C)nn1CC(C)O. The molecule has 0 saturated carbocycles. The molecule has 0 saturated heterocycles. The number of hydrogen-bond donors (Lipinski definition) is 1. The van der Waals surface area contributed by atoms with E-state index in [1.807, 2.05) is 13.0 Å². The average molecular weight is 184 g/mol. The molecule has 0 aliphatic rings. The van der Waals surface area contributed by atoms with E-state index in [-0.39, 0.29) is 6.10 Å². The summed E-state index contributed by atoms with van der Waals surface area (Å²) in [6, 6.07) is 1.96. The van der Waals surface area contributed by atoms with E-state index in [2.05, 4.69) is 5.10 Å². The van der Waals surface area contributed by atoms with Crippen molar-refractivity contribution in [2.24, 2.45) is 0 Å². The number of aromatic nitrogens is 2. The number of rotatable bonds is 4. The van der Waals surface area contributed by atoms with Crippen LogP contribution in [0.15, 0.2) is 6.07 Å². The van der Waals surface area contributed by atoms with Gasteiger partial charge in [0, 0.05) is 7.11 Å². The van der Waals surface area contributed by atoms with Crippen LogP contribution in [0, 0.1) is 6.92 Å². The predicted molar refractivity (Wildman–Crippen MR) is 49.4 cm³/mol. The van der Waals surface area contributed by atoms with Crippen LogP contribution in [0.5, 0.6) is 0 Å². The molecule has 0 bridgehead atoms. The van der Waals surface area contributed by atoms with Crippen LogP contribution < -0.4 is 0 Å². The fourth-order valence-corrected chi connectivity index (χ4v) is 1.27. The molecule has 1 N–H and O–H groups in total. The average Bonchev–Trinajstić information content (AvgIpc) is 2.31. The molecule has 0 spiro atoms. The third kappa shape index (κ3) is 2.82. The van der Waals surface area contributed by atoms with Gasteiger partial charge < -0.3 is 9.84 Å². The Morgan fingerprint density at radius 2 is 2.38 bits per heavy atom. The van der Waals surface area contributed by atoms with Crippen molar-refractivity contribution in [2.75, 3.05) is 7.11 Å². The van der Waals surface area contributed by atoms with E-state index < -0.39 is 0 Å². The second-order valence-corrected chi connectivity index (χ2v) is 3.24. The van der Waals surface area contributed by atoms with Crippen molar-refractivity contribution in [1.82, 2.24) is 9.78 Å².